The van der Waals surface area contributed by atoms with E-state index in [9.17, 15) is 9.59 Å². The molecule has 0 aliphatic carbocycles. The second-order valence-corrected chi connectivity index (χ2v) is 8.26. The number of thioether (sulfide) groups is 1. The first-order valence-corrected chi connectivity index (χ1v) is 10.4. The lowest BCUT2D eigenvalue weighted by Crippen LogP contribution is -2.24. The fourth-order valence-corrected chi connectivity index (χ4v) is 4.58. The summed E-state index contributed by atoms with van der Waals surface area (Å²) in [4.78, 5) is 31.0. The number of ether oxygens (including phenoxy) is 1. The van der Waals surface area contributed by atoms with Crippen molar-refractivity contribution in [2.24, 2.45) is 0 Å². The smallest absolute Gasteiger partial charge is 0.348 e. The number of hydrogen-bond donors (Lipinski definition) is 0. The highest BCUT2D eigenvalue weighted by molar-refractivity contribution is 7.99. The molecule has 0 atom stereocenters. The summed E-state index contributed by atoms with van der Waals surface area (Å²) in [6, 6.07) is 0. The van der Waals surface area contributed by atoms with E-state index in [1.165, 1.54) is 11.3 Å². The van der Waals surface area contributed by atoms with Gasteiger partial charge in [-0.15, -0.1) is 11.3 Å². The fraction of sp³-hybridized carbons (Fsp3) is 0.588. The largest absolute Gasteiger partial charge is 0.461 e. The monoisotopic (exact) mass is 366 g/mol. The van der Waals surface area contributed by atoms with Gasteiger partial charge in [0.2, 0.25) is 0 Å². The SMILES string of the molecule is CCSCCOC(=O)c1sc2nc3n(c(=O)c2c1C)CCCCC3. The maximum absolute atomic E-state index is 12.9. The van der Waals surface area contributed by atoms with Crippen molar-refractivity contribution in [3.05, 3.63) is 26.6 Å². The van der Waals surface area contributed by atoms with E-state index in [0.717, 1.165) is 49.6 Å². The van der Waals surface area contributed by atoms with Crippen molar-refractivity contribution in [2.75, 3.05) is 18.1 Å². The van der Waals surface area contributed by atoms with Gasteiger partial charge < -0.3 is 4.74 Å². The highest BCUT2D eigenvalue weighted by Crippen LogP contribution is 2.29. The van der Waals surface area contributed by atoms with E-state index in [-0.39, 0.29) is 11.5 Å². The van der Waals surface area contributed by atoms with Gasteiger partial charge in [-0.25, -0.2) is 9.78 Å². The molecule has 2 aromatic rings. The summed E-state index contributed by atoms with van der Waals surface area (Å²) >= 11 is 3.02. The summed E-state index contributed by atoms with van der Waals surface area (Å²) in [7, 11) is 0. The highest BCUT2D eigenvalue weighted by atomic mass is 32.2. The molecular weight excluding hydrogens is 344 g/mol. The third-order valence-electron chi connectivity index (χ3n) is 4.26. The molecule has 0 fully saturated rings. The van der Waals surface area contributed by atoms with Crippen LogP contribution >= 0.6 is 23.1 Å². The maximum Gasteiger partial charge on any atom is 0.348 e. The lowest BCUT2D eigenvalue weighted by molar-refractivity contribution is 0.0535. The first-order valence-electron chi connectivity index (χ1n) is 8.41. The summed E-state index contributed by atoms with van der Waals surface area (Å²) in [5, 5.41) is 0.584. The van der Waals surface area contributed by atoms with Crippen LogP contribution in [-0.2, 0) is 17.7 Å². The maximum atomic E-state index is 12.9. The van der Waals surface area contributed by atoms with E-state index in [1.807, 2.05) is 6.92 Å². The third kappa shape index (κ3) is 3.37. The number of nitrogens with zero attached hydrogens (tertiary/aromatic N) is 2. The van der Waals surface area contributed by atoms with Crippen LogP contribution in [-0.4, -0.2) is 33.6 Å². The van der Waals surface area contributed by atoms with Gasteiger partial charge in [-0.05, 0) is 31.1 Å². The van der Waals surface area contributed by atoms with E-state index in [0.29, 0.717) is 27.3 Å². The van der Waals surface area contributed by atoms with Gasteiger partial charge in [-0.3, -0.25) is 9.36 Å². The van der Waals surface area contributed by atoms with Crippen LogP contribution in [0, 0.1) is 6.92 Å². The number of aromatic nitrogens is 2. The molecular formula is C17H22N2O3S2. The Morgan fingerprint density at radius 2 is 2.21 bits per heavy atom. The summed E-state index contributed by atoms with van der Waals surface area (Å²) < 4.78 is 7.13. The molecule has 3 rings (SSSR count). The standard InChI is InChI=1S/C17H22N2O3S2/c1-3-23-10-9-22-17(21)14-11(2)13-15(24-14)18-12-7-5-4-6-8-19(12)16(13)20/h3-10H2,1-2H3. The molecule has 7 heteroatoms. The van der Waals surface area contributed by atoms with Crippen LogP contribution in [0.3, 0.4) is 0 Å². The van der Waals surface area contributed by atoms with E-state index in [1.54, 1.807) is 16.3 Å². The minimum atomic E-state index is -0.341. The van der Waals surface area contributed by atoms with Crippen LogP contribution < -0.4 is 5.56 Å². The van der Waals surface area contributed by atoms with Crippen LogP contribution in [0.25, 0.3) is 10.2 Å². The van der Waals surface area contributed by atoms with Gasteiger partial charge in [0.25, 0.3) is 5.56 Å². The molecule has 0 spiro atoms. The van der Waals surface area contributed by atoms with E-state index in [4.69, 9.17) is 4.74 Å². The number of carbonyl (C=O) groups excluding carboxylic acids is 1. The van der Waals surface area contributed by atoms with Gasteiger partial charge in [-0.1, -0.05) is 13.3 Å². The fourth-order valence-electron chi connectivity index (χ4n) is 3.01. The predicted molar refractivity (Wildman–Crippen MR) is 99.5 cm³/mol. The number of esters is 1. The second-order valence-electron chi connectivity index (χ2n) is 5.86. The zero-order chi connectivity index (χ0) is 17.1. The quantitative estimate of drug-likeness (QED) is 0.599. The number of aryl methyl sites for hydroxylation is 2. The number of fused-ring (bicyclic) bond motifs is 2. The number of rotatable bonds is 5. The molecule has 1 aliphatic heterocycles. The second kappa shape index (κ2) is 7.70. The van der Waals surface area contributed by atoms with Gasteiger partial charge in [0.05, 0.1) is 5.39 Å². The third-order valence-corrected chi connectivity index (χ3v) is 6.29. The Labute approximate surface area is 149 Å². The zero-order valence-corrected chi connectivity index (χ0v) is 15.7. The highest BCUT2D eigenvalue weighted by Gasteiger charge is 2.22. The molecule has 0 aromatic carbocycles. The van der Waals surface area contributed by atoms with Crippen LogP contribution in [0.2, 0.25) is 0 Å². The van der Waals surface area contributed by atoms with Crippen LogP contribution in [0.4, 0.5) is 0 Å². The summed E-state index contributed by atoms with van der Waals surface area (Å²) in [6.07, 6.45) is 4.03. The summed E-state index contributed by atoms with van der Waals surface area (Å²) in [5.41, 5.74) is 0.700. The lowest BCUT2D eigenvalue weighted by atomic mass is 10.2. The normalized spacial score (nSPS) is 14.4. The molecule has 130 valence electrons. The summed E-state index contributed by atoms with van der Waals surface area (Å²) in [5.74, 6) is 2.31. The van der Waals surface area contributed by atoms with Gasteiger partial charge >= 0.3 is 5.97 Å². The summed E-state index contributed by atoms with van der Waals surface area (Å²) in [6.45, 7) is 5.02. The zero-order valence-electron chi connectivity index (χ0n) is 14.1. The minimum absolute atomic E-state index is 0.00811. The molecule has 0 saturated carbocycles. The Morgan fingerprint density at radius 3 is 3.00 bits per heavy atom. The molecule has 0 N–H and O–H groups in total. The van der Waals surface area contributed by atoms with Crippen LogP contribution in [0.5, 0.6) is 0 Å². The topological polar surface area (TPSA) is 61.2 Å². The van der Waals surface area contributed by atoms with Gasteiger partial charge in [0, 0.05) is 18.7 Å². The van der Waals surface area contributed by atoms with E-state index in [2.05, 4.69) is 11.9 Å². The van der Waals surface area contributed by atoms with Crippen molar-refractivity contribution in [2.45, 2.75) is 46.1 Å². The first-order chi connectivity index (χ1) is 11.6. The molecule has 3 heterocycles. The Hall–Kier alpha value is -1.34. The van der Waals surface area contributed by atoms with Gasteiger partial charge in [-0.2, -0.15) is 11.8 Å². The lowest BCUT2D eigenvalue weighted by Gasteiger charge is -2.08. The first kappa shape index (κ1) is 17.5. The Kier molecular flexibility index (Phi) is 5.61. The molecule has 24 heavy (non-hydrogen) atoms. The van der Waals surface area contributed by atoms with Crippen molar-refractivity contribution in [3.63, 3.8) is 0 Å². The van der Waals surface area contributed by atoms with Crippen molar-refractivity contribution in [3.8, 4) is 0 Å². The Morgan fingerprint density at radius 1 is 1.38 bits per heavy atom. The van der Waals surface area contributed by atoms with Crippen molar-refractivity contribution in [1.82, 2.24) is 9.55 Å². The average Bonchev–Trinajstić information content (AvgIpc) is 2.74. The van der Waals surface area contributed by atoms with Gasteiger partial charge in [0.1, 0.15) is 22.1 Å². The van der Waals surface area contributed by atoms with Crippen LogP contribution in [0.15, 0.2) is 4.79 Å². The van der Waals surface area contributed by atoms with E-state index < -0.39 is 0 Å². The molecule has 1 aliphatic rings. The molecule has 2 aromatic heterocycles. The van der Waals surface area contributed by atoms with Crippen molar-refractivity contribution < 1.29 is 9.53 Å². The molecule has 0 unspecified atom stereocenters. The molecule has 0 radical (unpaired) electrons. The number of hydrogen-bond acceptors (Lipinski definition) is 6. The van der Waals surface area contributed by atoms with Crippen LogP contribution in [0.1, 0.15) is 47.2 Å². The van der Waals surface area contributed by atoms with Crippen molar-refractivity contribution >= 4 is 39.3 Å². The minimum Gasteiger partial charge on any atom is -0.461 e. The molecule has 5 nitrogen and oxygen atoms in total. The van der Waals surface area contributed by atoms with Crippen molar-refractivity contribution in [1.29, 1.82) is 0 Å². The molecule has 0 amide bonds. The Bertz CT molecular complexity index is 810. The van der Waals surface area contributed by atoms with E-state index >= 15 is 0 Å². The van der Waals surface area contributed by atoms with Gasteiger partial charge in [0.15, 0.2) is 0 Å². The average molecular weight is 367 g/mol. The number of carbonyl (C=O) groups is 1. The predicted octanol–water partition coefficient (Wildman–Crippen LogP) is 3.40. The Balaban J connectivity index is 1.94. The molecule has 0 bridgehead atoms. The molecule has 0 saturated heterocycles. The number of thiophene rings is 1.